The summed E-state index contributed by atoms with van der Waals surface area (Å²) in [6, 6.07) is 5.07. The number of nitriles is 1. The number of ether oxygens (including phenoxy) is 2. The highest BCUT2D eigenvalue weighted by Gasteiger charge is 2.38. The van der Waals surface area contributed by atoms with Crippen molar-refractivity contribution in [2.24, 2.45) is 10.1 Å². The maximum absolute atomic E-state index is 13.1. The number of aliphatic imine (C=N–C) groups is 1. The summed E-state index contributed by atoms with van der Waals surface area (Å²) in [5, 5.41) is 13.5. The van der Waals surface area contributed by atoms with Crippen molar-refractivity contribution < 1.29 is 28.2 Å². The van der Waals surface area contributed by atoms with Gasteiger partial charge in [-0.25, -0.2) is 24.0 Å². The zero-order valence-corrected chi connectivity index (χ0v) is 17.9. The topological polar surface area (TPSA) is 121 Å². The molecule has 10 heteroatoms. The van der Waals surface area contributed by atoms with Crippen molar-refractivity contribution in [3.8, 4) is 6.07 Å². The number of carbonyl (C=O) groups is 3. The standard InChI is InChI=1S/C21H23FN4O5/c1-21(2,3)24-13-16(19(28)30-4)18(20(29)31-5)26(17(27)10-11-23)25-12-14-6-8-15(22)9-7-14/h6-9,12,18H,10H2,1-5H3/b25-12+. The third-order valence-corrected chi connectivity index (χ3v) is 3.55. The lowest BCUT2D eigenvalue weighted by Gasteiger charge is -2.24. The maximum atomic E-state index is 13.1. The van der Waals surface area contributed by atoms with E-state index in [0.717, 1.165) is 14.2 Å². The van der Waals surface area contributed by atoms with Gasteiger partial charge in [0.2, 0.25) is 0 Å². The lowest BCUT2D eigenvalue weighted by Crippen LogP contribution is -2.46. The number of hydrogen-bond acceptors (Lipinski definition) is 8. The fraction of sp³-hybridized carbons (Fsp3) is 0.381. The predicted molar refractivity (Wildman–Crippen MR) is 110 cm³/mol. The molecule has 0 bridgehead atoms. The molecule has 0 aliphatic heterocycles. The summed E-state index contributed by atoms with van der Waals surface area (Å²) >= 11 is 0. The number of benzene rings is 1. The number of nitrogens with zero attached hydrogens (tertiary/aromatic N) is 4. The summed E-state index contributed by atoms with van der Waals surface area (Å²) in [4.78, 5) is 41.7. The largest absolute Gasteiger partial charge is 0.467 e. The molecule has 1 aromatic carbocycles. The van der Waals surface area contributed by atoms with Gasteiger partial charge >= 0.3 is 11.9 Å². The Morgan fingerprint density at radius 1 is 1.19 bits per heavy atom. The molecule has 1 atom stereocenters. The predicted octanol–water partition coefficient (Wildman–Crippen LogP) is 2.01. The van der Waals surface area contributed by atoms with Crippen LogP contribution in [0, 0.1) is 17.1 Å². The molecule has 1 unspecified atom stereocenters. The van der Waals surface area contributed by atoms with Gasteiger partial charge in [-0.3, -0.25) is 4.79 Å². The molecule has 0 fully saturated rings. The number of rotatable bonds is 7. The Balaban J connectivity index is 3.66. The molecule has 1 rings (SSSR count). The van der Waals surface area contributed by atoms with Crippen LogP contribution in [0.25, 0.3) is 0 Å². The number of methoxy groups -OCH3 is 2. The molecule has 164 valence electrons. The minimum absolute atomic E-state index is 0.395. The van der Waals surface area contributed by atoms with Crippen LogP contribution in [0.5, 0.6) is 0 Å². The second-order valence-electron chi connectivity index (χ2n) is 7.09. The Morgan fingerprint density at radius 3 is 2.29 bits per heavy atom. The average Bonchev–Trinajstić information content (AvgIpc) is 2.72. The minimum atomic E-state index is -1.72. The van der Waals surface area contributed by atoms with Crippen LogP contribution in [0.15, 0.2) is 39.9 Å². The van der Waals surface area contributed by atoms with E-state index in [1.54, 1.807) is 26.8 Å². The fourth-order valence-corrected chi connectivity index (χ4v) is 2.11. The van der Waals surface area contributed by atoms with Crippen LogP contribution in [-0.2, 0) is 23.9 Å². The van der Waals surface area contributed by atoms with Gasteiger partial charge in [0.25, 0.3) is 5.91 Å². The molecule has 9 nitrogen and oxygen atoms in total. The van der Waals surface area contributed by atoms with E-state index in [-0.39, 0.29) is 0 Å². The summed E-state index contributed by atoms with van der Waals surface area (Å²) in [6.45, 7) is 5.19. The van der Waals surface area contributed by atoms with E-state index in [9.17, 15) is 18.8 Å². The van der Waals surface area contributed by atoms with Crippen LogP contribution in [0.2, 0.25) is 0 Å². The highest BCUT2D eigenvalue weighted by atomic mass is 19.1. The van der Waals surface area contributed by atoms with Crippen LogP contribution in [0.4, 0.5) is 4.39 Å². The van der Waals surface area contributed by atoms with Crippen LogP contribution < -0.4 is 0 Å². The fourth-order valence-electron chi connectivity index (χ4n) is 2.11. The SMILES string of the molecule is COC(=O)C(=C=NC(C)(C)C)C(C(=O)OC)N(/N=C/c1ccc(F)cc1)C(=O)CC#N. The van der Waals surface area contributed by atoms with Gasteiger partial charge in [0, 0.05) is 0 Å². The number of hydrazone groups is 1. The maximum Gasteiger partial charge on any atom is 0.346 e. The Hall–Kier alpha value is -3.83. The van der Waals surface area contributed by atoms with Gasteiger partial charge in [-0.15, -0.1) is 0 Å². The van der Waals surface area contributed by atoms with Crippen LogP contribution >= 0.6 is 0 Å². The number of hydrogen-bond donors (Lipinski definition) is 0. The highest BCUT2D eigenvalue weighted by molar-refractivity contribution is 6.06. The zero-order chi connectivity index (χ0) is 23.6. The van der Waals surface area contributed by atoms with Gasteiger partial charge in [0.05, 0.1) is 32.0 Å². The molecule has 0 radical (unpaired) electrons. The quantitative estimate of drug-likeness (QED) is 0.282. The van der Waals surface area contributed by atoms with E-state index in [1.807, 2.05) is 0 Å². The molecule has 31 heavy (non-hydrogen) atoms. The minimum Gasteiger partial charge on any atom is -0.467 e. The summed E-state index contributed by atoms with van der Waals surface area (Å²) in [5.41, 5.74) is -0.711. The number of amides is 1. The number of carbonyl (C=O) groups excluding carboxylic acids is 3. The van der Waals surface area contributed by atoms with E-state index < -0.39 is 47.2 Å². The number of halogens is 1. The van der Waals surface area contributed by atoms with Gasteiger partial charge in [-0.05, 0) is 44.3 Å². The summed E-state index contributed by atoms with van der Waals surface area (Å²) in [6.07, 6.45) is 0.527. The van der Waals surface area contributed by atoms with E-state index in [0.29, 0.717) is 10.6 Å². The van der Waals surface area contributed by atoms with Crippen molar-refractivity contribution in [1.82, 2.24) is 5.01 Å². The van der Waals surface area contributed by atoms with E-state index in [4.69, 9.17) is 14.7 Å². The van der Waals surface area contributed by atoms with Gasteiger partial charge in [-0.1, -0.05) is 12.1 Å². The van der Waals surface area contributed by atoms with Gasteiger partial charge in [-0.2, -0.15) is 10.4 Å². The second-order valence-corrected chi connectivity index (χ2v) is 7.09. The molecule has 0 saturated heterocycles. The van der Waals surface area contributed by atoms with E-state index in [2.05, 4.69) is 16.0 Å². The second kappa shape index (κ2) is 11.4. The van der Waals surface area contributed by atoms with Crippen molar-refractivity contribution in [2.45, 2.75) is 38.8 Å². The molecule has 0 N–H and O–H groups in total. The molecule has 0 aliphatic carbocycles. The first kappa shape index (κ1) is 25.2. The van der Waals surface area contributed by atoms with Crippen molar-refractivity contribution in [3.63, 3.8) is 0 Å². The lowest BCUT2D eigenvalue weighted by molar-refractivity contribution is -0.153. The number of esters is 2. The molecular formula is C21H23FN4O5. The molecule has 0 spiro atoms. The lowest BCUT2D eigenvalue weighted by atomic mass is 10.1. The van der Waals surface area contributed by atoms with Crippen molar-refractivity contribution in [3.05, 3.63) is 41.2 Å². The molecule has 1 amide bonds. The summed E-state index contributed by atoms with van der Waals surface area (Å²) < 4.78 is 22.6. The Labute approximate surface area is 179 Å². The van der Waals surface area contributed by atoms with Gasteiger partial charge < -0.3 is 9.47 Å². The van der Waals surface area contributed by atoms with Crippen molar-refractivity contribution in [2.75, 3.05) is 14.2 Å². The van der Waals surface area contributed by atoms with Crippen molar-refractivity contribution >= 4 is 29.9 Å². The average molecular weight is 430 g/mol. The normalized spacial score (nSPS) is 11.6. The molecule has 0 aliphatic rings. The third-order valence-electron chi connectivity index (χ3n) is 3.55. The molecule has 0 aromatic heterocycles. The Morgan fingerprint density at radius 2 is 1.81 bits per heavy atom. The van der Waals surface area contributed by atoms with Crippen LogP contribution in [0.3, 0.4) is 0 Å². The Bertz CT molecular complexity index is 951. The van der Waals surface area contributed by atoms with Crippen molar-refractivity contribution in [1.29, 1.82) is 5.26 Å². The summed E-state index contributed by atoms with van der Waals surface area (Å²) in [7, 11) is 2.14. The molecule has 1 aromatic rings. The Kier molecular flexibility index (Phi) is 9.25. The van der Waals surface area contributed by atoms with Gasteiger partial charge in [0.1, 0.15) is 17.8 Å². The monoisotopic (exact) mass is 430 g/mol. The van der Waals surface area contributed by atoms with Crippen LogP contribution in [0.1, 0.15) is 32.8 Å². The smallest absolute Gasteiger partial charge is 0.346 e. The van der Waals surface area contributed by atoms with Gasteiger partial charge in [0.15, 0.2) is 6.04 Å². The first-order chi connectivity index (χ1) is 14.5. The highest BCUT2D eigenvalue weighted by Crippen LogP contribution is 2.16. The summed E-state index contributed by atoms with van der Waals surface area (Å²) in [5.74, 6) is -0.913. The van der Waals surface area contributed by atoms with E-state index in [1.165, 1.54) is 30.5 Å². The molecular weight excluding hydrogens is 407 g/mol. The first-order valence-electron chi connectivity index (χ1n) is 9.03. The third kappa shape index (κ3) is 7.84. The zero-order valence-electron chi connectivity index (χ0n) is 17.9. The van der Waals surface area contributed by atoms with Crippen LogP contribution in [-0.4, -0.2) is 60.7 Å². The van der Waals surface area contributed by atoms with E-state index >= 15 is 0 Å². The molecule has 0 heterocycles. The first-order valence-corrected chi connectivity index (χ1v) is 9.03. The molecule has 0 saturated carbocycles.